The van der Waals surface area contributed by atoms with Crippen molar-refractivity contribution >= 4 is 0 Å². The average Bonchev–Trinajstić information content (AvgIpc) is 2.99. The molecule has 0 aromatic heterocycles. The molecule has 2 bridgehead atoms. The van der Waals surface area contributed by atoms with Gasteiger partial charge in [-0.2, -0.15) is 0 Å². The molecule has 6 atom stereocenters. The van der Waals surface area contributed by atoms with Crippen LogP contribution in [-0.4, -0.2) is 17.4 Å². The highest BCUT2D eigenvalue weighted by Gasteiger charge is 2.49. The zero-order valence-corrected chi connectivity index (χ0v) is 13.5. The van der Waals surface area contributed by atoms with Crippen molar-refractivity contribution in [1.82, 2.24) is 0 Å². The molecular formula is C18H31FO. The summed E-state index contributed by atoms with van der Waals surface area (Å²) in [6.07, 6.45) is 9.92. The third kappa shape index (κ3) is 2.77. The van der Waals surface area contributed by atoms with Gasteiger partial charge in [0.05, 0.1) is 11.7 Å². The number of hydrogen-bond acceptors (Lipinski definition) is 1. The van der Waals surface area contributed by atoms with E-state index in [1.807, 2.05) is 6.92 Å². The Bertz CT molecular complexity index is 357. The van der Waals surface area contributed by atoms with Crippen LogP contribution in [0.1, 0.15) is 78.6 Å². The van der Waals surface area contributed by atoms with Gasteiger partial charge in [-0.1, -0.05) is 20.3 Å². The molecule has 0 saturated heterocycles. The molecule has 1 nitrogen and oxygen atoms in total. The number of fused-ring (bicyclic) bond motifs is 2. The number of halogens is 1. The van der Waals surface area contributed by atoms with Crippen molar-refractivity contribution < 1.29 is 9.13 Å². The molecular weight excluding hydrogens is 251 g/mol. The third-order valence-electron chi connectivity index (χ3n) is 6.39. The monoisotopic (exact) mass is 282 g/mol. The Kier molecular flexibility index (Phi) is 3.90. The van der Waals surface area contributed by atoms with E-state index in [2.05, 4.69) is 13.8 Å². The molecule has 0 aliphatic heterocycles. The molecule has 3 rings (SSSR count). The molecule has 2 heteroatoms. The Morgan fingerprint density at radius 2 is 1.95 bits per heavy atom. The Morgan fingerprint density at radius 3 is 2.50 bits per heavy atom. The van der Waals surface area contributed by atoms with Crippen molar-refractivity contribution in [3.63, 3.8) is 0 Å². The first kappa shape index (κ1) is 14.8. The Hall–Kier alpha value is -0.110. The fourth-order valence-corrected chi connectivity index (χ4v) is 5.36. The van der Waals surface area contributed by atoms with Gasteiger partial charge in [0.15, 0.2) is 0 Å². The molecule has 0 radical (unpaired) electrons. The van der Waals surface area contributed by atoms with Crippen LogP contribution in [-0.2, 0) is 4.74 Å². The number of alkyl halides is 1. The van der Waals surface area contributed by atoms with Crippen LogP contribution in [0.2, 0.25) is 0 Å². The number of hydrogen-bond donors (Lipinski definition) is 0. The second kappa shape index (κ2) is 5.26. The minimum absolute atomic E-state index is 0.223. The molecule has 3 aliphatic carbocycles. The van der Waals surface area contributed by atoms with Gasteiger partial charge >= 0.3 is 0 Å². The summed E-state index contributed by atoms with van der Waals surface area (Å²) in [5.74, 6) is 2.17. The summed E-state index contributed by atoms with van der Waals surface area (Å²) in [6.45, 7) is 6.38. The van der Waals surface area contributed by atoms with E-state index in [4.69, 9.17) is 4.74 Å². The van der Waals surface area contributed by atoms with E-state index in [-0.39, 0.29) is 5.60 Å². The highest BCUT2D eigenvalue weighted by atomic mass is 19.1. The summed E-state index contributed by atoms with van der Waals surface area (Å²) >= 11 is 0. The number of ether oxygens (including phenoxy) is 1. The Morgan fingerprint density at radius 1 is 1.15 bits per heavy atom. The lowest BCUT2D eigenvalue weighted by molar-refractivity contribution is -0.159. The van der Waals surface area contributed by atoms with Crippen molar-refractivity contribution in [2.24, 2.45) is 17.8 Å². The maximum absolute atomic E-state index is 15.0. The quantitative estimate of drug-likeness (QED) is 0.681. The molecule has 6 unspecified atom stereocenters. The lowest BCUT2D eigenvalue weighted by atomic mass is 9.69. The average molecular weight is 282 g/mol. The third-order valence-corrected chi connectivity index (χ3v) is 6.39. The van der Waals surface area contributed by atoms with E-state index in [1.54, 1.807) is 0 Å². The molecule has 3 aliphatic rings. The van der Waals surface area contributed by atoms with Gasteiger partial charge < -0.3 is 4.74 Å². The molecule has 0 heterocycles. The summed E-state index contributed by atoms with van der Waals surface area (Å²) in [5.41, 5.74) is -1.22. The first-order valence-corrected chi connectivity index (χ1v) is 8.82. The van der Waals surface area contributed by atoms with Gasteiger partial charge in [-0.25, -0.2) is 4.39 Å². The molecule has 116 valence electrons. The van der Waals surface area contributed by atoms with E-state index in [0.29, 0.717) is 24.9 Å². The Balaban J connectivity index is 1.69. The normalized spacial score (nSPS) is 51.6. The topological polar surface area (TPSA) is 9.23 Å². The zero-order chi connectivity index (χ0) is 14.4. The first-order chi connectivity index (χ1) is 9.45. The van der Waals surface area contributed by atoms with Crippen LogP contribution in [0.15, 0.2) is 0 Å². The second-order valence-corrected chi connectivity index (χ2v) is 8.14. The van der Waals surface area contributed by atoms with E-state index in [0.717, 1.165) is 31.1 Å². The van der Waals surface area contributed by atoms with Gasteiger partial charge in [-0.05, 0) is 69.6 Å². The minimum atomic E-state index is -0.995. The molecule has 3 saturated carbocycles. The summed E-state index contributed by atoms with van der Waals surface area (Å²) in [6, 6.07) is 0. The first-order valence-electron chi connectivity index (χ1n) is 8.82. The maximum Gasteiger partial charge on any atom is 0.113 e. The smallest absolute Gasteiger partial charge is 0.113 e. The van der Waals surface area contributed by atoms with E-state index < -0.39 is 5.67 Å². The molecule has 20 heavy (non-hydrogen) atoms. The molecule has 0 N–H and O–H groups in total. The van der Waals surface area contributed by atoms with Crippen LogP contribution in [0.5, 0.6) is 0 Å². The largest absolute Gasteiger partial charge is 0.372 e. The van der Waals surface area contributed by atoms with Crippen molar-refractivity contribution in [3.8, 4) is 0 Å². The highest BCUT2D eigenvalue weighted by Crippen LogP contribution is 2.51. The van der Waals surface area contributed by atoms with Crippen molar-refractivity contribution in [1.29, 1.82) is 0 Å². The predicted octanol–water partition coefficient (Wildman–Crippen LogP) is 5.28. The lowest BCUT2D eigenvalue weighted by Crippen LogP contribution is -2.48. The van der Waals surface area contributed by atoms with Gasteiger partial charge in [-0.3, -0.25) is 0 Å². The summed E-state index contributed by atoms with van der Waals surface area (Å²) in [5, 5.41) is 0. The van der Waals surface area contributed by atoms with Gasteiger partial charge in [0, 0.05) is 6.42 Å². The molecule has 0 spiro atoms. The SMILES string of the molecule is CCC1CC(F)(CC)CC(C)(OC2CC3CCC2C3)C1. The summed E-state index contributed by atoms with van der Waals surface area (Å²) in [7, 11) is 0. The molecule has 0 amide bonds. The van der Waals surface area contributed by atoms with Crippen molar-refractivity contribution in [3.05, 3.63) is 0 Å². The number of rotatable bonds is 4. The second-order valence-electron chi connectivity index (χ2n) is 8.14. The zero-order valence-electron chi connectivity index (χ0n) is 13.5. The van der Waals surface area contributed by atoms with Crippen LogP contribution in [0.3, 0.4) is 0 Å². The van der Waals surface area contributed by atoms with Crippen molar-refractivity contribution in [2.45, 2.75) is 95.9 Å². The van der Waals surface area contributed by atoms with Crippen LogP contribution in [0, 0.1) is 17.8 Å². The standard InChI is InChI=1S/C18H31FO/c1-4-13-10-17(3,12-18(19,5-2)11-13)20-16-9-14-6-7-15(16)8-14/h13-16H,4-12H2,1-3H3. The van der Waals surface area contributed by atoms with Crippen LogP contribution in [0.25, 0.3) is 0 Å². The molecule has 0 aromatic carbocycles. The highest BCUT2D eigenvalue weighted by molar-refractivity contribution is 4.99. The summed E-state index contributed by atoms with van der Waals surface area (Å²) in [4.78, 5) is 0. The van der Waals surface area contributed by atoms with E-state index >= 15 is 4.39 Å². The molecule has 0 aromatic rings. The predicted molar refractivity (Wildman–Crippen MR) is 80.5 cm³/mol. The van der Waals surface area contributed by atoms with Crippen LogP contribution >= 0.6 is 0 Å². The maximum atomic E-state index is 15.0. The van der Waals surface area contributed by atoms with Gasteiger partial charge in [0.25, 0.3) is 0 Å². The Labute approximate surface area is 123 Å². The molecule has 3 fully saturated rings. The van der Waals surface area contributed by atoms with Gasteiger partial charge in [0.1, 0.15) is 5.67 Å². The van der Waals surface area contributed by atoms with E-state index in [1.165, 1.54) is 25.7 Å². The fraction of sp³-hybridized carbons (Fsp3) is 1.00. The van der Waals surface area contributed by atoms with Gasteiger partial charge in [-0.15, -0.1) is 0 Å². The lowest BCUT2D eigenvalue weighted by Gasteiger charge is -2.47. The van der Waals surface area contributed by atoms with Crippen LogP contribution < -0.4 is 0 Å². The summed E-state index contributed by atoms with van der Waals surface area (Å²) < 4.78 is 21.6. The van der Waals surface area contributed by atoms with Crippen molar-refractivity contribution in [2.75, 3.05) is 0 Å². The minimum Gasteiger partial charge on any atom is -0.372 e. The van der Waals surface area contributed by atoms with E-state index in [9.17, 15) is 0 Å². The van der Waals surface area contributed by atoms with Gasteiger partial charge in [0.2, 0.25) is 0 Å². The fourth-order valence-electron chi connectivity index (χ4n) is 5.36. The van der Waals surface area contributed by atoms with Crippen LogP contribution in [0.4, 0.5) is 4.39 Å².